The van der Waals surface area contributed by atoms with Crippen LogP contribution in [0.4, 0.5) is 11.6 Å². The zero-order valence-corrected chi connectivity index (χ0v) is 21.7. The molecule has 1 saturated heterocycles. The van der Waals surface area contributed by atoms with E-state index >= 15 is 0 Å². The number of hydrogen-bond acceptors (Lipinski definition) is 8. The molecule has 3 aromatic heterocycles. The maximum Gasteiger partial charge on any atom is 0.322 e. The number of anilines is 2. The summed E-state index contributed by atoms with van der Waals surface area (Å²) in [7, 11) is 0. The molecule has 0 saturated carbocycles. The Morgan fingerprint density at radius 2 is 2.05 bits per heavy atom. The first-order valence-corrected chi connectivity index (χ1v) is 13.2. The Morgan fingerprint density at radius 1 is 1.16 bits per heavy atom. The van der Waals surface area contributed by atoms with Crippen LogP contribution in [0.25, 0.3) is 27.7 Å². The number of hydrogen-bond donors (Lipinski definition) is 3. The van der Waals surface area contributed by atoms with Crippen LogP contribution in [-0.2, 0) is 6.54 Å². The topological polar surface area (TPSA) is 115 Å². The van der Waals surface area contributed by atoms with Crippen molar-refractivity contribution in [3.8, 4) is 17.3 Å². The molecule has 0 aliphatic carbocycles. The lowest BCUT2D eigenvalue weighted by Gasteiger charge is -2.23. The summed E-state index contributed by atoms with van der Waals surface area (Å²) in [6.45, 7) is 6.62. The molecule has 6 rings (SSSR count). The lowest BCUT2D eigenvalue weighted by molar-refractivity contribution is 0.153. The van der Waals surface area contributed by atoms with Gasteiger partial charge in [-0.15, -0.1) is 0 Å². The van der Waals surface area contributed by atoms with E-state index in [0.29, 0.717) is 18.5 Å². The quantitative estimate of drug-likeness (QED) is 0.269. The summed E-state index contributed by atoms with van der Waals surface area (Å²) < 4.78 is 7.99. The van der Waals surface area contributed by atoms with Gasteiger partial charge in [-0.1, -0.05) is 44.2 Å². The number of ether oxygens (including phenoxy) is 1. The van der Waals surface area contributed by atoms with Gasteiger partial charge in [-0.05, 0) is 54.5 Å². The molecule has 38 heavy (non-hydrogen) atoms. The molecule has 1 atom stereocenters. The number of rotatable bonds is 7. The average Bonchev–Trinajstić information content (AvgIpc) is 3.36. The first-order chi connectivity index (χ1) is 18.6. The number of piperidine rings is 1. The third kappa shape index (κ3) is 4.72. The van der Waals surface area contributed by atoms with Crippen molar-refractivity contribution in [3.63, 3.8) is 0 Å². The fraction of sp³-hybridized carbons (Fsp3) is 0.310. The van der Waals surface area contributed by atoms with Crippen molar-refractivity contribution >= 4 is 28.1 Å². The predicted octanol–water partition coefficient (Wildman–Crippen LogP) is 4.79. The first kappa shape index (κ1) is 24.1. The van der Waals surface area contributed by atoms with Crippen LogP contribution < -0.4 is 21.1 Å². The lowest BCUT2D eigenvalue weighted by Crippen LogP contribution is -2.37. The number of nitrogen functional groups attached to an aromatic ring is 1. The molecule has 0 unspecified atom stereocenters. The molecule has 9 heteroatoms. The van der Waals surface area contributed by atoms with E-state index in [1.165, 1.54) is 0 Å². The number of pyridine rings is 1. The molecular weight excluding hydrogens is 476 g/mol. The fourth-order valence-corrected chi connectivity index (χ4v) is 5.01. The van der Waals surface area contributed by atoms with Gasteiger partial charge in [0, 0.05) is 41.5 Å². The highest BCUT2D eigenvalue weighted by atomic mass is 16.5. The van der Waals surface area contributed by atoms with Gasteiger partial charge in [0.2, 0.25) is 5.95 Å². The summed E-state index contributed by atoms with van der Waals surface area (Å²) in [5, 5.41) is 13.6. The van der Waals surface area contributed by atoms with Crippen molar-refractivity contribution in [1.29, 1.82) is 0 Å². The van der Waals surface area contributed by atoms with E-state index in [9.17, 15) is 0 Å². The van der Waals surface area contributed by atoms with Gasteiger partial charge in [-0.2, -0.15) is 19.6 Å². The third-order valence-electron chi connectivity index (χ3n) is 7.02. The zero-order valence-electron chi connectivity index (χ0n) is 21.7. The summed E-state index contributed by atoms with van der Waals surface area (Å²) >= 11 is 0. The van der Waals surface area contributed by atoms with Gasteiger partial charge in [0.15, 0.2) is 5.65 Å². The minimum atomic E-state index is 0.0525. The maximum atomic E-state index is 6.23. The summed E-state index contributed by atoms with van der Waals surface area (Å²) in [4.78, 5) is 14.2. The molecule has 0 amide bonds. The highest BCUT2D eigenvalue weighted by Gasteiger charge is 2.20. The Labute approximate surface area is 221 Å². The van der Waals surface area contributed by atoms with E-state index in [-0.39, 0.29) is 12.0 Å². The highest BCUT2D eigenvalue weighted by molar-refractivity contribution is 5.96. The molecule has 0 spiro atoms. The molecule has 0 bridgehead atoms. The molecule has 1 aliphatic rings. The van der Waals surface area contributed by atoms with Crippen LogP contribution >= 0.6 is 0 Å². The van der Waals surface area contributed by atoms with Gasteiger partial charge in [-0.3, -0.25) is 4.98 Å². The van der Waals surface area contributed by atoms with Crippen molar-refractivity contribution in [2.24, 2.45) is 0 Å². The Bertz CT molecular complexity index is 1590. The lowest BCUT2D eigenvalue weighted by atomic mass is 9.99. The molecule has 0 radical (unpaired) electrons. The molecule has 2 aromatic carbocycles. The monoisotopic (exact) mass is 508 g/mol. The van der Waals surface area contributed by atoms with E-state index in [2.05, 4.69) is 41.7 Å². The summed E-state index contributed by atoms with van der Waals surface area (Å²) in [5.41, 5.74) is 11.6. The van der Waals surface area contributed by atoms with Gasteiger partial charge in [0.05, 0.1) is 11.9 Å². The minimum Gasteiger partial charge on any atom is -0.459 e. The SMILES string of the molecule is CC(C)c1cnn2c(NCc3ccccc3-c3nccc4cc(N)ccc34)nc(O[C@@H]3CCCNC3)nc12. The Kier molecular flexibility index (Phi) is 6.51. The smallest absolute Gasteiger partial charge is 0.322 e. The molecule has 5 aromatic rings. The van der Waals surface area contributed by atoms with Gasteiger partial charge in [0.25, 0.3) is 0 Å². The van der Waals surface area contributed by atoms with Gasteiger partial charge >= 0.3 is 6.01 Å². The molecular formula is C29H32N8O. The number of fused-ring (bicyclic) bond motifs is 2. The van der Waals surface area contributed by atoms with Crippen LogP contribution in [0.2, 0.25) is 0 Å². The van der Waals surface area contributed by atoms with E-state index < -0.39 is 0 Å². The number of benzene rings is 2. The maximum absolute atomic E-state index is 6.23. The van der Waals surface area contributed by atoms with Crippen molar-refractivity contribution in [2.75, 3.05) is 24.1 Å². The van der Waals surface area contributed by atoms with Gasteiger partial charge in [0.1, 0.15) is 6.10 Å². The van der Waals surface area contributed by atoms with E-state index in [0.717, 1.165) is 70.4 Å². The van der Waals surface area contributed by atoms with E-state index in [4.69, 9.17) is 25.4 Å². The Balaban J connectivity index is 1.35. The van der Waals surface area contributed by atoms with Crippen LogP contribution in [0.5, 0.6) is 6.01 Å². The second kappa shape index (κ2) is 10.3. The highest BCUT2D eigenvalue weighted by Crippen LogP contribution is 2.31. The fourth-order valence-electron chi connectivity index (χ4n) is 5.01. The van der Waals surface area contributed by atoms with Crippen LogP contribution in [0.1, 0.15) is 43.7 Å². The molecule has 9 nitrogen and oxygen atoms in total. The summed E-state index contributed by atoms with van der Waals surface area (Å²) in [5.74, 6) is 0.862. The zero-order chi connectivity index (χ0) is 26.1. The normalized spacial score (nSPS) is 15.8. The predicted molar refractivity (Wildman–Crippen MR) is 150 cm³/mol. The largest absolute Gasteiger partial charge is 0.459 e. The number of nitrogens with two attached hydrogens (primary N) is 1. The number of nitrogens with one attached hydrogen (secondary N) is 2. The van der Waals surface area contributed by atoms with Crippen LogP contribution in [0, 0.1) is 0 Å². The minimum absolute atomic E-state index is 0.0525. The average molecular weight is 509 g/mol. The standard InChI is InChI=1S/C29H32N8O/c1-18(2)25-17-34-37-27(25)35-29(38-22-7-5-12-31-16-22)36-28(37)33-15-20-6-3-4-8-23(20)26-24-10-9-21(30)14-19(24)11-13-32-26/h3-4,6,8-11,13-14,17-18,22,31H,5,7,12,15-16,30H2,1-2H3,(H,33,35,36)/t22-/m1/s1. The van der Waals surface area contributed by atoms with Crippen molar-refractivity contribution in [3.05, 3.63) is 72.1 Å². The van der Waals surface area contributed by atoms with Crippen LogP contribution in [0.15, 0.2) is 60.9 Å². The second-order valence-corrected chi connectivity index (χ2v) is 10.1. The molecule has 4 heterocycles. The van der Waals surface area contributed by atoms with E-state index in [1.54, 1.807) is 4.52 Å². The molecule has 194 valence electrons. The van der Waals surface area contributed by atoms with E-state index in [1.807, 2.05) is 48.8 Å². The van der Waals surface area contributed by atoms with Crippen molar-refractivity contribution < 1.29 is 4.74 Å². The summed E-state index contributed by atoms with van der Waals surface area (Å²) in [6.07, 6.45) is 5.81. The van der Waals surface area contributed by atoms with Crippen molar-refractivity contribution in [1.82, 2.24) is 29.9 Å². The Morgan fingerprint density at radius 3 is 2.89 bits per heavy atom. The molecule has 4 N–H and O–H groups in total. The van der Waals surface area contributed by atoms with Crippen LogP contribution in [-0.4, -0.2) is 43.8 Å². The number of aromatic nitrogens is 5. The molecule has 1 fully saturated rings. The Hall–Kier alpha value is -4.24. The van der Waals surface area contributed by atoms with Gasteiger partial charge < -0.3 is 21.1 Å². The van der Waals surface area contributed by atoms with Crippen molar-refractivity contribution in [2.45, 2.75) is 45.3 Å². The second-order valence-electron chi connectivity index (χ2n) is 10.1. The molecule has 1 aliphatic heterocycles. The first-order valence-electron chi connectivity index (χ1n) is 13.2. The van der Waals surface area contributed by atoms with Crippen LogP contribution in [0.3, 0.4) is 0 Å². The number of nitrogens with zero attached hydrogens (tertiary/aromatic N) is 5. The summed E-state index contributed by atoms with van der Waals surface area (Å²) in [6, 6.07) is 16.6. The third-order valence-corrected chi connectivity index (χ3v) is 7.02. The van der Waals surface area contributed by atoms with Gasteiger partial charge in [-0.25, -0.2) is 0 Å².